The summed E-state index contributed by atoms with van der Waals surface area (Å²) >= 11 is 4.52. The van der Waals surface area contributed by atoms with E-state index in [-0.39, 0.29) is 19.1 Å². The first-order chi connectivity index (χ1) is 7.76. The van der Waals surface area contributed by atoms with E-state index >= 15 is 0 Å². The first-order valence-electron chi connectivity index (χ1n) is 4.72. The maximum absolute atomic E-state index is 11.1. The zero-order chi connectivity index (χ0) is 11.8. The number of carbonyl (C=O) groups excluding carboxylic acids is 1. The Hall–Kier alpha value is -1.62. The Balaban J connectivity index is 2.36. The van der Waals surface area contributed by atoms with Crippen molar-refractivity contribution in [3.63, 3.8) is 0 Å². The average molecular weight is 239 g/mol. The molecule has 86 valence electrons. The van der Waals surface area contributed by atoms with Crippen LogP contribution in [-0.2, 0) is 16.1 Å². The molecule has 0 spiro atoms. The van der Waals surface area contributed by atoms with Crippen LogP contribution in [0.25, 0.3) is 0 Å². The number of ether oxygens (including phenoxy) is 2. The number of hydrogen-bond acceptors (Lipinski definition) is 4. The normalized spacial score (nSPS) is 9.31. The largest absolute Gasteiger partial charge is 0.497 e. The molecule has 0 amide bonds. The molecule has 1 N–H and O–H groups in total. The summed E-state index contributed by atoms with van der Waals surface area (Å²) in [5.74, 6) is 0.439. The summed E-state index contributed by atoms with van der Waals surface area (Å²) in [6, 6.07) is 7.33. The lowest BCUT2D eigenvalue weighted by atomic mass is 10.2. The van der Waals surface area contributed by atoms with Gasteiger partial charge in [-0.05, 0) is 17.7 Å². The highest BCUT2D eigenvalue weighted by atomic mass is 32.1. The molecule has 0 saturated heterocycles. The molecular formula is C11H13NO3S. The molecular weight excluding hydrogens is 226 g/mol. The van der Waals surface area contributed by atoms with Crippen molar-refractivity contribution in [1.82, 2.24) is 5.32 Å². The van der Waals surface area contributed by atoms with Gasteiger partial charge >= 0.3 is 5.97 Å². The third-order valence-corrected chi connectivity index (χ3v) is 2.06. The quantitative estimate of drug-likeness (QED) is 0.598. The van der Waals surface area contributed by atoms with Crippen molar-refractivity contribution in [3.05, 3.63) is 29.8 Å². The number of esters is 1. The fraction of sp³-hybridized carbons (Fsp3) is 0.273. The molecule has 5 heteroatoms. The summed E-state index contributed by atoms with van der Waals surface area (Å²) in [6.45, 7) is 0.349. The Morgan fingerprint density at radius 2 is 2.12 bits per heavy atom. The van der Waals surface area contributed by atoms with Crippen LogP contribution in [0.1, 0.15) is 5.56 Å². The summed E-state index contributed by atoms with van der Waals surface area (Å²) in [4.78, 5) is 11.1. The van der Waals surface area contributed by atoms with Gasteiger partial charge in [-0.3, -0.25) is 4.79 Å². The minimum absolute atomic E-state index is 0.0969. The van der Waals surface area contributed by atoms with Crippen LogP contribution in [0.5, 0.6) is 5.75 Å². The monoisotopic (exact) mass is 239 g/mol. The first kappa shape index (κ1) is 12.4. The van der Waals surface area contributed by atoms with E-state index in [2.05, 4.69) is 17.5 Å². The molecule has 0 saturated carbocycles. The molecule has 0 aliphatic rings. The van der Waals surface area contributed by atoms with E-state index in [1.54, 1.807) is 7.11 Å². The van der Waals surface area contributed by atoms with E-state index < -0.39 is 0 Å². The fourth-order valence-corrected chi connectivity index (χ4v) is 1.14. The van der Waals surface area contributed by atoms with Crippen LogP contribution >= 0.6 is 12.2 Å². The van der Waals surface area contributed by atoms with Gasteiger partial charge in [0.2, 0.25) is 0 Å². The van der Waals surface area contributed by atoms with E-state index in [0.717, 1.165) is 11.3 Å². The fourth-order valence-electron chi connectivity index (χ4n) is 1.06. The Labute approximate surface area is 99.6 Å². The van der Waals surface area contributed by atoms with Crippen molar-refractivity contribution in [2.24, 2.45) is 0 Å². The van der Waals surface area contributed by atoms with Crippen LogP contribution in [0.3, 0.4) is 0 Å². The van der Waals surface area contributed by atoms with Crippen LogP contribution < -0.4 is 10.1 Å². The lowest BCUT2D eigenvalue weighted by Gasteiger charge is -2.05. The second-order valence-corrected chi connectivity index (χ2v) is 3.24. The molecule has 1 aromatic carbocycles. The average Bonchev–Trinajstić information content (AvgIpc) is 2.34. The number of rotatable bonds is 6. The topological polar surface area (TPSA) is 47.6 Å². The minimum Gasteiger partial charge on any atom is -0.497 e. The maximum atomic E-state index is 11.1. The highest BCUT2D eigenvalue weighted by Crippen LogP contribution is 2.11. The van der Waals surface area contributed by atoms with Gasteiger partial charge < -0.3 is 14.8 Å². The van der Waals surface area contributed by atoms with E-state index in [9.17, 15) is 4.79 Å². The van der Waals surface area contributed by atoms with Crippen LogP contribution in [0.2, 0.25) is 0 Å². The third-order valence-electron chi connectivity index (χ3n) is 1.89. The molecule has 16 heavy (non-hydrogen) atoms. The lowest BCUT2D eigenvalue weighted by molar-refractivity contribution is -0.143. The van der Waals surface area contributed by atoms with Gasteiger partial charge in [-0.2, -0.15) is 0 Å². The summed E-state index contributed by atoms with van der Waals surface area (Å²) in [5.41, 5.74) is 2.20. The van der Waals surface area contributed by atoms with Crippen molar-refractivity contribution in [3.8, 4) is 5.75 Å². The maximum Gasteiger partial charge on any atom is 0.325 e. The van der Waals surface area contributed by atoms with Crippen LogP contribution in [0, 0.1) is 0 Å². The van der Waals surface area contributed by atoms with Gasteiger partial charge in [0.15, 0.2) is 0 Å². The second-order valence-electron chi connectivity index (χ2n) is 3.01. The van der Waals surface area contributed by atoms with Crippen molar-refractivity contribution in [2.75, 3.05) is 13.7 Å². The summed E-state index contributed by atoms with van der Waals surface area (Å²) in [6.07, 6.45) is 0. The molecule has 0 radical (unpaired) electrons. The molecule has 1 rings (SSSR count). The highest BCUT2D eigenvalue weighted by Gasteiger charge is 2.01. The first-order valence-corrected chi connectivity index (χ1v) is 5.19. The van der Waals surface area contributed by atoms with Gasteiger partial charge in [-0.25, -0.2) is 0 Å². The molecule has 1 aromatic rings. The molecule has 0 aliphatic heterocycles. The molecule has 0 heterocycles. The van der Waals surface area contributed by atoms with Crippen molar-refractivity contribution in [2.45, 2.75) is 6.61 Å². The van der Waals surface area contributed by atoms with Crippen molar-refractivity contribution in [1.29, 1.82) is 0 Å². The van der Waals surface area contributed by atoms with Gasteiger partial charge in [-0.15, -0.1) is 0 Å². The van der Waals surface area contributed by atoms with Crippen molar-refractivity contribution >= 4 is 23.7 Å². The van der Waals surface area contributed by atoms with Crippen LogP contribution in [0.4, 0.5) is 0 Å². The molecule has 0 aromatic heterocycles. The van der Waals surface area contributed by atoms with Crippen LogP contribution in [-0.4, -0.2) is 25.1 Å². The molecule has 0 bridgehead atoms. The van der Waals surface area contributed by atoms with E-state index in [4.69, 9.17) is 9.47 Å². The van der Waals surface area contributed by atoms with Gasteiger partial charge in [-0.1, -0.05) is 24.4 Å². The van der Waals surface area contributed by atoms with Crippen LogP contribution in [0.15, 0.2) is 24.3 Å². The lowest BCUT2D eigenvalue weighted by Crippen LogP contribution is -2.22. The Kier molecular flexibility index (Phi) is 5.28. The molecule has 4 nitrogen and oxygen atoms in total. The van der Waals surface area contributed by atoms with Gasteiger partial charge in [0.25, 0.3) is 0 Å². The van der Waals surface area contributed by atoms with Gasteiger partial charge in [0, 0.05) is 0 Å². The zero-order valence-electron chi connectivity index (χ0n) is 8.93. The molecule has 0 atom stereocenters. The molecule has 0 fully saturated rings. The molecule has 0 aliphatic carbocycles. The van der Waals surface area contributed by atoms with E-state index in [1.807, 2.05) is 24.3 Å². The zero-order valence-corrected chi connectivity index (χ0v) is 9.75. The number of hydrogen-bond donors (Lipinski definition) is 1. The predicted octanol–water partition coefficient (Wildman–Crippen LogP) is 1.29. The van der Waals surface area contributed by atoms with E-state index in [0.29, 0.717) is 0 Å². The number of methoxy groups -OCH3 is 1. The minimum atomic E-state index is -0.336. The van der Waals surface area contributed by atoms with E-state index in [1.165, 1.54) is 5.49 Å². The number of benzene rings is 1. The number of thiocarbonyl (C=S) groups is 1. The predicted molar refractivity (Wildman–Crippen MR) is 64.4 cm³/mol. The highest BCUT2D eigenvalue weighted by molar-refractivity contribution is 7.78. The summed E-state index contributed by atoms with van der Waals surface area (Å²) in [5, 5.41) is 2.60. The summed E-state index contributed by atoms with van der Waals surface area (Å²) in [7, 11) is 1.60. The Morgan fingerprint density at radius 3 is 2.69 bits per heavy atom. The second kappa shape index (κ2) is 6.79. The third kappa shape index (κ3) is 4.27. The summed E-state index contributed by atoms with van der Waals surface area (Å²) < 4.78 is 10.0. The Bertz CT molecular complexity index is 351. The smallest absolute Gasteiger partial charge is 0.325 e. The molecule has 0 unspecified atom stereocenters. The Morgan fingerprint density at radius 1 is 1.44 bits per heavy atom. The van der Waals surface area contributed by atoms with Gasteiger partial charge in [0.1, 0.15) is 18.9 Å². The SMILES string of the molecule is COc1ccc(COC(=O)CNC=S)cc1. The standard InChI is InChI=1S/C11H13NO3S/c1-14-10-4-2-9(3-5-10)7-15-11(13)6-12-8-16/h2-5,8H,6-7H2,1H3,(H,12,16). The van der Waals surface area contributed by atoms with Gasteiger partial charge in [0.05, 0.1) is 12.6 Å². The number of nitrogens with one attached hydrogen (secondary N) is 1. The van der Waals surface area contributed by atoms with Crippen molar-refractivity contribution < 1.29 is 14.3 Å². The number of carbonyl (C=O) groups is 1.